The number of hydrogen-bond donors (Lipinski definition) is 3. The first-order valence-corrected chi connectivity index (χ1v) is 37.7. The van der Waals surface area contributed by atoms with Crippen LogP contribution in [-0.4, -0.2) is 105 Å². The van der Waals surface area contributed by atoms with Crippen molar-refractivity contribution in [2.75, 3.05) is 37.0 Å². The molecule has 3 aromatic heterocycles. The zero-order chi connectivity index (χ0) is 86.3. The Bertz CT molecular complexity index is 4050. The van der Waals surface area contributed by atoms with Crippen LogP contribution in [0.25, 0.3) is 11.1 Å². The Kier molecular flexibility index (Phi) is 22.6. The van der Waals surface area contributed by atoms with Crippen LogP contribution in [0, 0.1) is 16.7 Å². The number of rotatable bonds is 18. The molecule has 0 bridgehead atoms. The number of allylic oxidation sites excluding steroid dienone is 6. The Hall–Kier alpha value is -5.18. The standard InChI is InChI=1S/C26H40N2O3.C25H38N2O3.C18H27BrN2O3.C14H25BO2/c1-7-8-15-30-23(29)26(6)17-19(16-25(4,5)31-26)21-10-9-20(27)22(28-21)18-11-13-24(2,3)14-12-18;1-6-7-14-29-23(28)25(5)16-19(15-24(3,4)30-25)21-13-12-20(26)22(27-21)18-10-8-17(2)9-11-18;1-5-6-9-23-16(22)18(4)11-12(10-17(2,3)24-18)14-8-7-13(20)15(19)21-14;1-12(2)9-7-11(8-10-12)15-16-13(3,4)14(5,6)17-15/h9-11,19H,7-8,12-17,27H2,1-6H3;10,12-13,17,19H,6-9,11,14-16,26H2,1-5H3;7-8,12H,5-6,9-11,20H2,1-4H3;7H,8-10H2,1-6H3/i11D,12D2,14D;8D,10D,11D2;;7D,8D2,10D. The van der Waals surface area contributed by atoms with Gasteiger partial charge in [0, 0.05) is 47.2 Å². The molecule has 4 aliphatic heterocycles. The predicted octanol–water partition coefficient (Wildman–Crippen LogP) is 19.6. The summed E-state index contributed by atoms with van der Waals surface area (Å²) in [6, 6.07) is 11.0. The molecule has 568 valence electrons. The van der Waals surface area contributed by atoms with Gasteiger partial charge in [-0.05, 0) is 291 Å². The van der Waals surface area contributed by atoms with Gasteiger partial charge in [-0.2, -0.15) is 0 Å². The molecule has 4 saturated heterocycles. The van der Waals surface area contributed by atoms with Crippen molar-refractivity contribution in [1.29, 1.82) is 0 Å². The van der Waals surface area contributed by atoms with Crippen molar-refractivity contribution in [2.24, 2.45) is 16.7 Å². The number of anilines is 3. The molecule has 4 fully saturated rings. The molecule has 0 saturated carbocycles. The average Bonchev–Trinajstić information content (AvgIpc) is 1.34. The SMILES string of the molecule is CCCCOC(=O)C1(C)CC(c2ccc(N)c(Br)n2)CC(C)(C)O1.[2H]C1=C(B2OC(C)(C)C(C)(C)O2)C([2H])([2H])C([2H])C(C)(C)C1.[2H]C1=C(c2nc(C3CC(C)(C)OC(C)(C(=O)OCCCC)C3)ccc2N)C([2H])([2H])C([2H])C(C)(C)C1.[2H]C1=C(c2nc(C3CC(C)(C)OC(C)(C(=O)OCCCC)C3)ccc2N)C([2H])([2H])CC(C)C1[2H]. The van der Waals surface area contributed by atoms with Crippen molar-refractivity contribution in [3.63, 3.8) is 0 Å². The molecule has 3 aliphatic carbocycles. The van der Waals surface area contributed by atoms with Crippen LogP contribution in [0.1, 0.15) is 343 Å². The molecule has 102 heavy (non-hydrogen) atoms. The number of nitrogen functional groups attached to an aromatic ring is 3. The van der Waals surface area contributed by atoms with Crippen molar-refractivity contribution in [2.45, 2.75) is 343 Å². The Morgan fingerprint density at radius 3 is 1.27 bits per heavy atom. The molecule has 10 unspecified atom stereocenters. The molecule has 0 spiro atoms. The van der Waals surface area contributed by atoms with Gasteiger partial charge >= 0.3 is 25.0 Å². The van der Waals surface area contributed by atoms with Gasteiger partial charge in [0.1, 0.15) is 4.60 Å². The van der Waals surface area contributed by atoms with Gasteiger partial charge < -0.3 is 54.9 Å². The average molecular weight is 1490 g/mol. The first kappa shape index (κ1) is 67.4. The number of ether oxygens (including phenoxy) is 6. The number of pyridine rings is 3. The molecule has 0 amide bonds. The molecule has 19 heteroatoms. The Morgan fingerprint density at radius 2 is 0.882 bits per heavy atom. The minimum Gasteiger partial charge on any atom is -0.464 e. The first-order chi connectivity index (χ1) is 52.1. The number of hydrogen-bond acceptors (Lipinski definition) is 17. The molecule has 3 aromatic rings. The molecule has 0 radical (unpaired) electrons. The van der Waals surface area contributed by atoms with Crippen LogP contribution in [0.2, 0.25) is 0 Å². The highest BCUT2D eigenvalue weighted by molar-refractivity contribution is 9.10. The topological polar surface area (TPSA) is 242 Å². The molecule has 6 N–H and O–H groups in total. The summed E-state index contributed by atoms with van der Waals surface area (Å²) in [5.74, 6) is -1.54. The second-order valence-corrected chi connectivity index (χ2v) is 34.5. The van der Waals surface area contributed by atoms with Gasteiger partial charge in [-0.15, -0.1) is 0 Å². The molecule has 7 aliphatic rings. The highest BCUT2D eigenvalue weighted by Crippen LogP contribution is 2.49. The van der Waals surface area contributed by atoms with E-state index in [1.165, 1.54) is 0 Å². The van der Waals surface area contributed by atoms with Gasteiger partial charge in [0.05, 0.1) is 80.4 Å². The number of carbonyl (C=O) groups is 3. The largest absolute Gasteiger partial charge is 0.490 e. The number of aromatic nitrogens is 3. The van der Waals surface area contributed by atoms with E-state index in [1.54, 1.807) is 45.0 Å². The normalized spacial score (nSPS) is 33.6. The lowest BCUT2D eigenvalue weighted by atomic mass is 9.67. The lowest BCUT2D eigenvalue weighted by Gasteiger charge is -2.45. The number of unbranched alkanes of at least 4 members (excludes halogenated alkanes) is 3. The monoisotopic (exact) mass is 1490 g/mol. The summed E-state index contributed by atoms with van der Waals surface area (Å²) in [6.07, 6.45) is 0.682. The predicted molar refractivity (Wildman–Crippen MR) is 416 cm³/mol. The van der Waals surface area contributed by atoms with Crippen LogP contribution in [-0.2, 0) is 52.1 Å². The number of halogens is 1. The minimum atomic E-state index is -2.08. The van der Waals surface area contributed by atoms with E-state index < -0.39 is 107 Å². The Balaban J connectivity index is 0.000000215. The van der Waals surface area contributed by atoms with Gasteiger partial charge in [0.25, 0.3) is 0 Å². The number of esters is 3. The Labute approximate surface area is 639 Å². The van der Waals surface area contributed by atoms with Crippen LogP contribution >= 0.6 is 15.9 Å². The van der Waals surface area contributed by atoms with E-state index in [9.17, 15) is 14.4 Å². The van der Waals surface area contributed by atoms with Gasteiger partial charge in [-0.1, -0.05) is 92.8 Å². The second kappa shape index (κ2) is 34.2. The quantitative estimate of drug-likeness (QED) is 0.0352. The number of carbonyl (C=O) groups excluding carboxylic acids is 3. The summed E-state index contributed by atoms with van der Waals surface area (Å²) in [5.41, 5.74) is 15.3. The van der Waals surface area contributed by atoms with Crippen LogP contribution < -0.4 is 17.2 Å². The summed E-state index contributed by atoms with van der Waals surface area (Å²) < 4.78 is 149. The lowest BCUT2D eigenvalue weighted by molar-refractivity contribution is -0.205. The van der Waals surface area contributed by atoms with E-state index in [0.717, 1.165) is 50.6 Å². The summed E-state index contributed by atoms with van der Waals surface area (Å²) in [6.45, 7) is 41.0. The van der Waals surface area contributed by atoms with Gasteiger partial charge in [0.15, 0.2) is 16.8 Å². The molecular formula is C83H130BBrN6O11. The van der Waals surface area contributed by atoms with Crippen molar-refractivity contribution < 1.29 is 68.6 Å². The summed E-state index contributed by atoms with van der Waals surface area (Å²) in [7, 11) is -0.888. The van der Waals surface area contributed by atoms with Crippen LogP contribution in [0.5, 0.6) is 0 Å². The maximum absolute atomic E-state index is 13.0. The van der Waals surface area contributed by atoms with E-state index in [0.29, 0.717) is 80.0 Å². The zero-order valence-electron chi connectivity index (χ0n) is 77.3. The molecule has 0 aromatic carbocycles. The maximum atomic E-state index is 13.0. The van der Waals surface area contributed by atoms with Crippen LogP contribution in [0.3, 0.4) is 0 Å². The van der Waals surface area contributed by atoms with Gasteiger partial charge in [-0.25, -0.2) is 19.4 Å². The third-order valence-corrected chi connectivity index (χ3v) is 20.6. The second-order valence-electron chi connectivity index (χ2n) is 33.7. The highest BCUT2D eigenvalue weighted by atomic mass is 79.9. The fraction of sp³-hybridized carbons (Fsp3) is 0.711. The number of nitrogens with two attached hydrogens (primary N) is 3. The summed E-state index contributed by atoms with van der Waals surface area (Å²) in [5, 5.41) is 0. The molecular weight excluding hydrogens is 1350 g/mol. The van der Waals surface area contributed by atoms with E-state index in [-0.39, 0.29) is 106 Å². The van der Waals surface area contributed by atoms with E-state index >= 15 is 0 Å². The van der Waals surface area contributed by atoms with Crippen molar-refractivity contribution in [3.8, 4) is 0 Å². The fourth-order valence-electron chi connectivity index (χ4n) is 13.8. The molecule has 7 heterocycles. The minimum absolute atomic E-state index is 0.0725. The van der Waals surface area contributed by atoms with Gasteiger partial charge in [-0.3, -0.25) is 9.97 Å². The summed E-state index contributed by atoms with van der Waals surface area (Å²) >= 11 is 3.38. The Morgan fingerprint density at radius 1 is 0.520 bits per heavy atom. The molecule has 10 rings (SSSR count). The van der Waals surface area contributed by atoms with E-state index in [4.69, 9.17) is 81.3 Å². The fourth-order valence-corrected chi connectivity index (χ4v) is 14.1. The van der Waals surface area contributed by atoms with E-state index in [1.807, 2.05) is 130 Å². The number of nitrogens with zero attached hydrogens (tertiary/aromatic N) is 3. The lowest BCUT2D eigenvalue weighted by Crippen LogP contribution is -2.52. The molecule has 17 nitrogen and oxygen atoms in total. The maximum Gasteiger partial charge on any atom is 0.490 e. The van der Waals surface area contributed by atoms with E-state index in [2.05, 4.69) is 27.8 Å². The van der Waals surface area contributed by atoms with Gasteiger partial charge in [0.2, 0.25) is 0 Å². The molecule has 10 atom stereocenters. The van der Waals surface area contributed by atoms with Crippen LogP contribution in [0.4, 0.5) is 17.1 Å². The van der Waals surface area contributed by atoms with Crippen molar-refractivity contribution >= 4 is 69.2 Å². The third kappa shape index (κ3) is 22.7. The van der Waals surface area contributed by atoms with Crippen molar-refractivity contribution in [1.82, 2.24) is 15.0 Å². The third-order valence-electron chi connectivity index (χ3n) is 19.9. The summed E-state index contributed by atoms with van der Waals surface area (Å²) in [4.78, 5) is 52.6. The smallest absolute Gasteiger partial charge is 0.464 e. The zero-order valence-corrected chi connectivity index (χ0v) is 66.8. The highest BCUT2D eigenvalue weighted by Gasteiger charge is 2.54. The van der Waals surface area contributed by atoms with Crippen molar-refractivity contribution in [3.05, 3.63) is 93.1 Å². The van der Waals surface area contributed by atoms with Crippen LogP contribution in [0.15, 0.2) is 64.6 Å². The first-order valence-electron chi connectivity index (χ1n) is 43.2.